The minimum atomic E-state index is -0.110. The molecular formula is C15H18O4. The summed E-state index contributed by atoms with van der Waals surface area (Å²) in [7, 11) is 0. The summed E-state index contributed by atoms with van der Waals surface area (Å²) in [6.45, 7) is 9.42. The molecule has 0 spiro atoms. The molecule has 0 bridgehead atoms. The van der Waals surface area contributed by atoms with Crippen molar-refractivity contribution in [3.8, 4) is 11.5 Å². The van der Waals surface area contributed by atoms with Gasteiger partial charge in [0.05, 0.1) is 12.2 Å². The molecule has 0 heterocycles. The van der Waals surface area contributed by atoms with Crippen LogP contribution in [0.15, 0.2) is 6.26 Å². The lowest BCUT2D eigenvalue weighted by molar-refractivity contribution is 0.101. The molecule has 1 aromatic carbocycles. The Kier molecular flexibility index (Phi) is 4.90. The van der Waals surface area contributed by atoms with Crippen LogP contribution in [0.5, 0.6) is 11.5 Å². The molecule has 0 radical (unpaired) electrons. The van der Waals surface area contributed by atoms with Gasteiger partial charge in [-0.15, -0.1) is 0 Å². The summed E-state index contributed by atoms with van der Waals surface area (Å²) in [6, 6.07) is 0. The van der Waals surface area contributed by atoms with E-state index in [1.807, 2.05) is 20.8 Å². The quantitative estimate of drug-likeness (QED) is 0.465. The van der Waals surface area contributed by atoms with Crippen LogP contribution in [0.2, 0.25) is 0 Å². The lowest BCUT2D eigenvalue weighted by atomic mass is 9.95. The molecule has 0 fully saturated rings. The highest BCUT2D eigenvalue weighted by Crippen LogP contribution is 2.38. The fraction of sp³-hybridized carbons (Fsp3) is 0.400. The normalized spacial score (nSPS) is 9.74. The van der Waals surface area contributed by atoms with Crippen molar-refractivity contribution in [2.75, 3.05) is 6.61 Å². The van der Waals surface area contributed by atoms with Gasteiger partial charge in [-0.05, 0) is 45.7 Å². The van der Waals surface area contributed by atoms with Gasteiger partial charge in [-0.1, -0.05) is 0 Å². The summed E-state index contributed by atoms with van der Waals surface area (Å²) in [5, 5.41) is 0. The number of carbonyl (C=O) groups excluding carboxylic acids is 2. The zero-order valence-corrected chi connectivity index (χ0v) is 11.9. The van der Waals surface area contributed by atoms with E-state index in [1.165, 1.54) is 6.92 Å². The topological polar surface area (TPSA) is 52.6 Å². The zero-order valence-electron chi connectivity index (χ0n) is 11.9. The van der Waals surface area contributed by atoms with Crippen molar-refractivity contribution < 1.29 is 19.1 Å². The molecule has 19 heavy (non-hydrogen) atoms. The van der Waals surface area contributed by atoms with E-state index < -0.39 is 0 Å². The van der Waals surface area contributed by atoms with E-state index in [1.54, 1.807) is 12.9 Å². The van der Waals surface area contributed by atoms with Crippen LogP contribution >= 0.6 is 0 Å². The summed E-state index contributed by atoms with van der Waals surface area (Å²) < 4.78 is 10.9. The van der Waals surface area contributed by atoms with E-state index in [0.29, 0.717) is 29.2 Å². The number of rotatable bonds is 5. The predicted octanol–water partition coefficient (Wildman–Crippen LogP) is 2.94. The van der Waals surface area contributed by atoms with E-state index in [-0.39, 0.29) is 5.78 Å². The highest BCUT2D eigenvalue weighted by Gasteiger charge is 2.21. The molecule has 0 aliphatic heterocycles. The largest absolute Gasteiger partial charge is 0.493 e. The van der Waals surface area contributed by atoms with Gasteiger partial charge < -0.3 is 9.47 Å². The van der Waals surface area contributed by atoms with Gasteiger partial charge in [-0.25, -0.2) is 4.79 Å². The molecule has 0 saturated heterocycles. The number of carbonyl (C=O) groups is 1. The molecule has 0 N–H and O–H groups in total. The third kappa shape index (κ3) is 2.85. The summed E-state index contributed by atoms with van der Waals surface area (Å²) in [6.07, 6.45) is 0.902. The average Bonchev–Trinajstić information content (AvgIpc) is 2.36. The second kappa shape index (κ2) is 6.21. The van der Waals surface area contributed by atoms with Crippen LogP contribution in [0.3, 0.4) is 0 Å². The Balaban J connectivity index is 3.63. The number of hydrogen-bond donors (Lipinski definition) is 0. The Morgan fingerprint density at radius 1 is 1.16 bits per heavy atom. The fourth-order valence-corrected chi connectivity index (χ4v) is 2.12. The van der Waals surface area contributed by atoms with Crippen molar-refractivity contribution in [1.82, 2.24) is 0 Å². The lowest BCUT2D eigenvalue weighted by Crippen LogP contribution is -2.08. The Labute approximate surface area is 113 Å². The van der Waals surface area contributed by atoms with Crippen molar-refractivity contribution >= 4 is 11.7 Å². The van der Waals surface area contributed by atoms with E-state index in [0.717, 1.165) is 17.4 Å². The van der Waals surface area contributed by atoms with Gasteiger partial charge in [-0.3, -0.25) is 4.79 Å². The van der Waals surface area contributed by atoms with Crippen molar-refractivity contribution in [2.24, 2.45) is 0 Å². The molecule has 4 nitrogen and oxygen atoms in total. The molecular weight excluding hydrogens is 244 g/mol. The Morgan fingerprint density at radius 2 is 1.79 bits per heavy atom. The number of ether oxygens (including phenoxy) is 2. The van der Waals surface area contributed by atoms with Gasteiger partial charge in [-0.2, -0.15) is 0 Å². The molecule has 0 aromatic heterocycles. The fourth-order valence-electron chi connectivity index (χ4n) is 2.12. The number of hydrogen-bond acceptors (Lipinski definition) is 4. The smallest absolute Gasteiger partial charge is 0.174 e. The van der Waals surface area contributed by atoms with Gasteiger partial charge in [0, 0.05) is 5.56 Å². The van der Waals surface area contributed by atoms with E-state index in [4.69, 9.17) is 9.47 Å². The molecule has 4 heteroatoms. The molecule has 102 valence electrons. The van der Waals surface area contributed by atoms with Crippen LogP contribution in [0, 0.1) is 20.8 Å². The molecule has 0 aliphatic carbocycles. The maximum atomic E-state index is 11.8. The molecule has 1 aromatic rings. The van der Waals surface area contributed by atoms with Crippen molar-refractivity contribution in [2.45, 2.75) is 34.6 Å². The van der Waals surface area contributed by atoms with Crippen molar-refractivity contribution in [3.05, 3.63) is 28.5 Å². The first-order valence-electron chi connectivity index (χ1n) is 6.09. The Hall–Kier alpha value is -2.06. The SMILES string of the molecule is CCOc1c(C)c(C)c(C(C)=O)c(OC=C=O)c1C. The molecule has 0 amide bonds. The molecule has 0 aliphatic rings. The van der Waals surface area contributed by atoms with E-state index in [2.05, 4.69) is 0 Å². The van der Waals surface area contributed by atoms with Crippen LogP contribution in [0.1, 0.15) is 40.9 Å². The average molecular weight is 262 g/mol. The maximum absolute atomic E-state index is 11.8. The predicted molar refractivity (Wildman–Crippen MR) is 72.7 cm³/mol. The maximum Gasteiger partial charge on any atom is 0.174 e. The summed E-state index contributed by atoms with van der Waals surface area (Å²) in [5.41, 5.74) is 2.90. The first-order valence-corrected chi connectivity index (χ1v) is 6.09. The van der Waals surface area contributed by atoms with Crippen LogP contribution in [0.4, 0.5) is 0 Å². The molecule has 0 unspecified atom stereocenters. The minimum Gasteiger partial charge on any atom is -0.493 e. The van der Waals surface area contributed by atoms with Gasteiger partial charge in [0.2, 0.25) is 0 Å². The number of Topliss-reactive ketones (excluding diaryl/α,β-unsaturated/α-hetero) is 1. The first-order chi connectivity index (χ1) is 8.95. The third-order valence-corrected chi connectivity index (χ3v) is 3.05. The van der Waals surface area contributed by atoms with Gasteiger partial charge in [0.25, 0.3) is 0 Å². The summed E-state index contributed by atoms with van der Waals surface area (Å²) >= 11 is 0. The second-order valence-electron chi connectivity index (χ2n) is 4.25. The Bertz CT molecular complexity index is 552. The standard InChI is InChI=1S/C15H18O4/c1-6-18-14-10(3)9(2)13(12(5)17)15(11(14)4)19-8-7-16/h8H,6H2,1-5H3. The molecule has 0 saturated carbocycles. The van der Waals surface area contributed by atoms with Crippen LogP contribution in [-0.4, -0.2) is 18.3 Å². The first kappa shape index (κ1) is 15.0. The number of ketones is 1. The molecule has 1 rings (SSSR count). The Morgan fingerprint density at radius 3 is 2.26 bits per heavy atom. The third-order valence-electron chi connectivity index (χ3n) is 3.05. The van der Waals surface area contributed by atoms with Crippen molar-refractivity contribution in [1.29, 1.82) is 0 Å². The minimum absolute atomic E-state index is 0.110. The van der Waals surface area contributed by atoms with Crippen LogP contribution < -0.4 is 9.47 Å². The van der Waals surface area contributed by atoms with Crippen molar-refractivity contribution in [3.63, 3.8) is 0 Å². The number of benzene rings is 1. The van der Waals surface area contributed by atoms with E-state index >= 15 is 0 Å². The van der Waals surface area contributed by atoms with Gasteiger partial charge in [0.15, 0.2) is 18.0 Å². The highest BCUT2D eigenvalue weighted by molar-refractivity contribution is 5.99. The summed E-state index contributed by atoms with van der Waals surface area (Å²) in [5.74, 6) is 2.49. The lowest BCUT2D eigenvalue weighted by Gasteiger charge is -2.19. The zero-order chi connectivity index (χ0) is 14.6. The van der Waals surface area contributed by atoms with Crippen LogP contribution in [0.25, 0.3) is 0 Å². The van der Waals surface area contributed by atoms with E-state index in [9.17, 15) is 9.59 Å². The van der Waals surface area contributed by atoms with Gasteiger partial charge in [0.1, 0.15) is 11.5 Å². The second-order valence-corrected chi connectivity index (χ2v) is 4.25. The van der Waals surface area contributed by atoms with Crippen LogP contribution in [-0.2, 0) is 4.79 Å². The van der Waals surface area contributed by atoms with Gasteiger partial charge >= 0.3 is 0 Å². The molecule has 0 atom stereocenters. The monoisotopic (exact) mass is 262 g/mol. The summed E-state index contributed by atoms with van der Waals surface area (Å²) in [4.78, 5) is 22.1. The highest BCUT2D eigenvalue weighted by atomic mass is 16.5.